The second kappa shape index (κ2) is 6.20. The van der Waals surface area contributed by atoms with E-state index >= 15 is 0 Å². The molecule has 3 aromatic rings. The fourth-order valence-corrected chi connectivity index (χ4v) is 2.58. The monoisotopic (exact) mass is 317 g/mol. The molecule has 2 aromatic carbocycles. The average molecular weight is 318 g/mol. The van der Waals surface area contributed by atoms with Gasteiger partial charge in [-0.15, -0.1) is 0 Å². The summed E-state index contributed by atoms with van der Waals surface area (Å²) in [5.74, 6) is 0. The first-order valence-corrected chi connectivity index (χ1v) is 7.26. The van der Waals surface area contributed by atoms with Crippen molar-refractivity contribution in [2.24, 2.45) is 0 Å². The van der Waals surface area contributed by atoms with Gasteiger partial charge in [0.25, 0.3) is 0 Å². The van der Waals surface area contributed by atoms with Crippen molar-refractivity contribution in [1.29, 1.82) is 0 Å². The summed E-state index contributed by atoms with van der Waals surface area (Å²) in [5.41, 5.74) is 2.93. The molecule has 0 unspecified atom stereocenters. The Morgan fingerprint density at radius 3 is 2.29 bits per heavy atom. The van der Waals surface area contributed by atoms with Crippen LogP contribution in [0.5, 0.6) is 0 Å². The van der Waals surface area contributed by atoms with Gasteiger partial charge in [-0.3, -0.25) is 0 Å². The zero-order chi connectivity index (χ0) is 14.7. The molecule has 5 heteroatoms. The first-order valence-electron chi connectivity index (χ1n) is 6.51. The molecule has 0 amide bonds. The van der Waals surface area contributed by atoms with Crippen LogP contribution in [0.2, 0.25) is 10.0 Å². The predicted molar refractivity (Wildman–Crippen MR) is 87.4 cm³/mol. The molecule has 1 heterocycles. The number of aromatic nitrogens is 2. The Bertz CT molecular complexity index is 702. The topological polar surface area (TPSA) is 29.9 Å². The molecule has 0 aliphatic heterocycles. The lowest BCUT2D eigenvalue weighted by Gasteiger charge is -2.10. The molecule has 0 saturated carbocycles. The molecule has 1 aromatic heterocycles. The summed E-state index contributed by atoms with van der Waals surface area (Å²) in [7, 11) is 0. The Morgan fingerprint density at radius 1 is 0.952 bits per heavy atom. The molecule has 0 aliphatic rings. The van der Waals surface area contributed by atoms with Gasteiger partial charge in [-0.2, -0.15) is 5.10 Å². The Kier molecular flexibility index (Phi) is 4.13. The van der Waals surface area contributed by atoms with Crippen molar-refractivity contribution in [2.45, 2.75) is 6.54 Å². The third-order valence-electron chi connectivity index (χ3n) is 3.14. The third kappa shape index (κ3) is 3.20. The first kappa shape index (κ1) is 14.0. The molecule has 0 radical (unpaired) electrons. The number of benzene rings is 2. The number of hydrogen-bond donors (Lipinski definition) is 1. The SMILES string of the molecule is Clc1cccc(Cl)c1NCc1ccc(-n2cccn2)cc1. The van der Waals surface area contributed by atoms with E-state index in [1.807, 2.05) is 47.3 Å². The van der Waals surface area contributed by atoms with Crippen molar-refractivity contribution in [2.75, 3.05) is 5.32 Å². The van der Waals surface area contributed by atoms with Crippen molar-refractivity contribution < 1.29 is 0 Å². The maximum absolute atomic E-state index is 6.13. The van der Waals surface area contributed by atoms with Gasteiger partial charge in [0.2, 0.25) is 0 Å². The summed E-state index contributed by atoms with van der Waals surface area (Å²) in [6, 6.07) is 15.5. The van der Waals surface area contributed by atoms with Gasteiger partial charge in [0, 0.05) is 18.9 Å². The summed E-state index contributed by atoms with van der Waals surface area (Å²) in [4.78, 5) is 0. The summed E-state index contributed by atoms with van der Waals surface area (Å²) >= 11 is 12.3. The van der Waals surface area contributed by atoms with Gasteiger partial charge in [-0.25, -0.2) is 4.68 Å². The number of nitrogens with one attached hydrogen (secondary N) is 1. The van der Waals surface area contributed by atoms with Crippen LogP contribution in [0.3, 0.4) is 0 Å². The summed E-state index contributed by atoms with van der Waals surface area (Å²) in [5, 5.41) is 8.71. The summed E-state index contributed by atoms with van der Waals surface area (Å²) in [6.07, 6.45) is 3.67. The van der Waals surface area contributed by atoms with Gasteiger partial charge >= 0.3 is 0 Å². The van der Waals surface area contributed by atoms with Crippen LogP contribution in [-0.2, 0) is 6.54 Å². The van der Waals surface area contributed by atoms with E-state index in [0.717, 1.165) is 16.9 Å². The van der Waals surface area contributed by atoms with Crippen LogP contribution in [0.25, 0.3) is 5.69 Å². The van der Waals surface area contributed by atoms with E-state index in [1.165, 1.54) is 0 Å². The second-order valence-corrected chi connectivity index (χ2v) is 5.38. The lowest BCUT2D eigenvalue weighted by Crippen LogP contribution is -2.01. The number of rotatable bonds is 4. The van der Waals surface area contributed by atoms with E-state index in [4.69, 9.17) is 23.2 Å². The van der Waals surface area contributed by atoms with Gasteiger partial charge < -0.3 is 5.32 Å². The van der Waals surface area contributed by atoms with Crippen molar-refractivity contribution in [3.05, 3.63) is 76.5 Å². The highest BCUT2D eigenvalue weighted by Crippen LogP contribution is 2.30. The lowest BCUT2D eigenvalue weighted by molar-refractivity contribution is 0.879. The zero-order valence-corrected chi connectivity index (χ0v) is 12.6. The van der Waals surface area contributed by atoms with Crippen molar-refractivity contribution in [3.63, 3.8) is 0 Å². The third-order valence-corrected chi connectivity index (χ3v) is 3.77. The molecule has 0 aliphatic carbocycles. The fraction of sp³-hybridized carbons (Fsp3) is 0.0625. The van der Waals surface area contributed by atoms with Crippen LogP contribution >= 0.6 is 23.2 Å². The highest BCUT2D eigenvalue weighted by molar-refractivity contribution is 6.39. The molecule has 0 atom stereocenters. The lowest BCUT2D eigenvalue weighted by atomic mass is 10.2. The number of nitrogens with zero attached hydrogens (tertiary/aromatic N) is 2. The molecule has 3 rings (SSSR count). The normalized spacial score (nSPS) is 10.6. The predicted octanol–water partition coefficient (Wildman–Crippen LogP) is 4.79. The average Bonchev–Trinajstić information content (AvgIpc) is 3.02. The van der Waals surface area contributed by atoms with Gasteiger partial charge in [0.05, 0.1) is 21.4 Å². The maximum atomic E-state index is 6.13. The summed E-state index contributed by atoms with van der Waals surface area (Å²) in [6.45, 7) is 0.656. The van der Waals surface area contributed by atoms with Crippen LogP contribution in [0, 0.1) is 0 Å². The standard InChI is InChI=1S/C16H13Cl2N3/c17-14-3-1-4-15(18)16(14)19-11-12-5-7-13(8-6-12)21-10-2-9-20-21/h1-10,19H,11H2. The van der Waals surface area contributed by atoms with Gasteiger partial charge in [-0.1, -0.05) is 41.4 Å². The Hall–Kier alpha value is -1.97. The Morgan fingerprint density at radius 2 is 1.67 bits per heavy atom. The summed E-state index contributed by atoms with van der Waals surface area (Å²) < 4.78 is 1.82. The molecule has 1 N–H and O–H groups in total. The minimum atomic E-state index is 0.621. The molecule has 21 heavy (non-hydrogen) atoms. The largest absolute Gasteiger partial charge is 0.379 e. The molecule has 0 saturated heterocycles. The molecular formula is C16H13Cl2N3. The van der Waals surface area contributed by atoms with E-state index in [2.05, 4.69) is 22.5 Å². The highest BCUT2D eigenvalue weighted by Gasteiger charge is 2.04. The molecular weight excluding hydrogens is 305 g/mol. The van der Waals surface area contributed by atoms with Crippen LogP contribution < -0.4 is 5.32 Å². The van der Waals surface area contributed by atoms with E-state index in [0.29, 0.717) is 16.6 Å². The number of halogens is 2. The van der Waals surface area contributed by atoms with E-state index in [9.17, 15) is 0 Å². The first-order chi connectivity index (χ1) is 10.2. The van der Waals surface area contributed by atoms with Crippen molar-refractivity contribution in [1.82, 2.24) is 9.78 Å². The molecule has 0 fully saturated rings. The minimum Gasteiger partial charge on any atom is -0.379 e. The van der Waals surface area contributed by atoms with Gasteiger partial charge in [0.1, 0.15) is 0 Å². The van der Waals surface area contributed by atoms with E-state index in [-0.39, 0.29) is 0 Å². The van der Waals surface area contributed by atoms with Crippen LogP contribution in [0.1, 0.15) is 5.56 Å². The Labute approximate surface area is 133 Å². The van der Waals surface area contributed by atoms with E-state index < -0.39 is 0 Å². The molecule has 106 valence electrons. The van der Waals surface area contributed by atoms with Crippen LogP contribution in [0.15, 0.2) is 60.9 Å². The van der Waals surface area contributed by atoms with Crippen LogP contribution in [-0.4, -0.2) is 9.78 Å². The van der Waals surface area contributed by atoms with Crippen LogP contribution in [0.4, 0.5) is 5.69 Å². The number of hydrogen-bond acceptors (Lipinski definition) is 2. The number of para-hydroxylation sites is 1. The fourth-order valence-electron chi connectivity index (χ4n) is 2.05. The molecule has 0 bridgehead atoms. The zero-order valence-electron chi connectivity index (χ0n) is 11.1. The molecule has 3 nitrogen and oxygen atoms in total. The second-order valence-electron chi connectivity index (χ2n) is 4.57. The highest BCUT2D eigenvalue weighted by atomic mass is 35.5. The molecule has 0 spiro atoms. The quantitative estimate of drug-likeness (QED) is 0.749. The minimum absolute atomic E-state index is 0.621. The van der Waals surface area contributed by atoms with Crippen molar-refractivity contribution >= 4 is 28.9 Å². The number of anilines is 1. The van der Waals surface area contributed by atoms with E-state index in [1.54, 1.807) is 6.20 Å². The maximum Gasteiger partial charge on any atom is 0.0721 e. The smallest absolute Gasteiger partial charge is 0.0721 e. The van der Waals surface area contributed by atoms with Gasteiger partial charge in [0.15, 0.2) is 0 Å². The van der Waals surface area contributed by atoms with Gasteiger partial charge in [-0.05, 0) is 35.9 Å². The van der Waals surface area contributed by atoms with Crippen molar-refractivity contribution in [3.8, 4) is 5.69 Å². The Balaban J connectivity index is 1.71.